The van der Waals surface area contributed by atoms with Crippen LogP contribution in [0.5, 0.6) is 5.75 Å². The van der Waals surface area contributed by atoms with E-state index in [-0.39, 0.29) is 18.4 Å². The lowest BCUT2D eigenvalue weighted by molar-refractivity contribution is -0.120. The molecule has 1 N–H and O–H groups in total. The molecule has 0 radical (unpaired) electrons. The predicted molar refractivity (Wildman–Crippen MR) is 103 cm³/mol. The largest absolute Gasteiger partial charge is 0.484 e. The fraction of sp³-hybridized carbons (Fsp3) is 0.333. The molecule has 0 unspecified atom stereocenters. The summed E-state index contributed by atoms with van der Waals surface area (Å²) in [4.78, 5) is 25.8. The Labute approximate surface area is 154 Å². The summed E-state index contributed by atoms with van der Waals surface area (Å²) < 4.78 is 5.72. The summed E-state index contributed by atoms with van der Waals surface area (Å²) >= 11 is 0. The molecule has 1 heterocycles. The lowest BCUT2D eigenvalue weighted by atomic mass is 10.0. The number of fused-ring (bicyclic) bond motifs is 1. The Morgan fingerprint density at radius 2 is 1.85 bits per heavy atom. The average Bonchev–Trinajstić information content (AvgIpc) is 2.59. The molecule has 0 bridgehead atoms. The second-order valence-corrected chi connectivity index (χ2v) is 6.64. The van der Waals surface area contributed by atoms with E-state index in [4.69, 9.17) is 4.74 Å². The molecular weight excluding hydrogens is 328 g/mol. The van der Waals surface area contributed by atoms with Gasteiger partial charge in [0.1, 0.15) is 5.75 Å². The third-order valence-corrected chi connectivity index (χ3v) is 4.47. The van der Waals surface area contributed by atoms with Crippen LogP contribution in [-0.4, -0.2) is 25.0 Å². The van der Waals surface area contributed by atoms with E-state index in [0.717, 1.165) is 28.1 Å². The number of benzene rings is 2. The number of likely N-dealkylation sites (N-methyl/N-ethyl adjacent to an activating group) is 1. The SMILES string of the molecule is CCN(C(=O)COc1ccc2c(c1)CCC(=O)N2)c1cc(C)cc(C)c1. The molecule has 0 aromatic heterocycles. The second kappa shape index (κ2) is 7.60. The number of aryl methyl sites for hydroxylation is 3. The average molecular weight is 352 g/mol. The van der Waals surface area contributed by atoms with Gasteiger partial charge in [0.25, 0.3) is 5.91 Å². The van der Waals surface area contributed by atoms with E-state index in [1.54, 1.807) is 11.0 Å². The van der Waals surface area contributed by atoms with E-state index in [2.05, 4.69) is 11.4 Å². The molecule has 1 aliphatic rings. The number of anilines is 2. The zero-order valence-electron chi connectivity index (χ0n) is 15.5. The van der Waals surface area contributed by atoms with Gasteiger partial charge >= 0.3 is 0 Å². The van der Waals surface area contributed by atoms with Gasteiger partial charge in [-0.25, -0.2) is 0 Å². The van der Waals surface area contributed by atoms with Crippen molar-refractivity contribution in [3.05, 3.63) is 53.1 Å². The minimum absolute atomic E-state index is 0.0218. The summed E-state index contributed by atoms with van der Waals surface area (Å²) in [6.07, 6.45) is 1.17. The Balaban J connectivity index is 1.68. The topological polar surface area (TPSA) is 58.6 Å². The molecule has 1 aliphatic heterocycles. The van der Waals surface area contributed by atoms with E-state index < -0.39 is 0 Å². The molecule has 0 atom stereocenters. The molecule has 0 fully saturated rings. The van der Waals surface area contributed by atoms with Crippen molar-refractivity contribution in [2.75, 3.05) is 23.4 Å². The van der Waals surface area contributed by atoms with Gasteiger partial charge in [0.05, 0.1) is 0 Å². The van der Waals surface area contributed by atoms with E-state index in [9.17, 15) is 9.59 Å². The van der Waals surface area contributed by atoms with Crippen LogP contribution in [0.3, 0.4) is 0 Å². The van der Waals surface area contributed by atoms with E-state index in [0.29, 0.717) is 25.1 Å². The lowest BCUT2D eigenvalue weighted by Crippen LogP contribution is -2.34. The number of hydrogen-bond donors (Lipinski definition) is 1. The van der Waals surface area contributed by atoms with Crippen LogP contribution in [0.2, 0.25) is 0 Å². The van der Waals surface area contributed by atoms with Crippen molar-refractivity contribution >= 4 is 23.2 Å². The maximum absolute atomic E-state index is 12.6. The summed E-state index contributed by atoms with van der Waals surface area (Å²) in [5.74, 6) is 0.599. The number of amides is 2. The van der Waals surface area contributed by atoms with Gasteiger partial charge in [0.15, 0.2) is 6.61 Å². The van der Waals surface area contributed by atoms with E-state index in [1.807, 2.05) is 45.0 Å². The second-order valence-electron chi connectivity index (χ2n) is 6.64. The summed E-state index contributed by atoms with van der Waals surface area (Å²) in [7, 11) is 0. The first-order chi connectivity index (χ1) is 12.5. The number of carbonyl (C=O) groups excluding carboxylic acids is 2. The Morgan fingerprint density at radius 1 is 1.12 bits per heavy atom. The van der Waals surface area contributed by atoms with Crippen LogP contribution < -0.4 is 15.0 Å². The van der Waals surface area contributed by atoms with Crippen LogP contribution in [-0.2, 0) is 16.0 Å². The quantitative estimate of drug-likeness (QED) is 0.894. The van der Waals surface area contributed by atoms with Crippen LogP contribution in [0.15, 0.2) is 36.4 Å². The highest BCUT2D eigenvalue weighted by Gasteiger charge is 2.17. The number of hydrogen-bond acceptors (Lipinski definition) is 3. The number of rotatable bonds is 5. The van der Waals surface area contributed by atoms with E-state index >= 15 is 0 Å². The maximum atomic E-state index is 12.6. The van der Waals surface area contributed by atoms with Crippen molar-refractivity contribution < 1.29 is 14.3 Å². The predicted octanol–water partition coefficient (Wildman–Crippen LogP) is 3.62. The molecule has 2 aromatic rings. The van der Waals surface area contributed by atoms with Crippen molar-refractivity contribution in [3.8, 4) is 5.75 Å². The van der Waals surface area contributed by atoms with Crippen LogP contribution in [0.25, 0.3) is 0 Å². The highest BCUT2D eigenvalue weighted by molar-refractivity contribution is 5.95. The first-order valence-corrected chi connectivity index (χ1v) is 8.90. The number of ether oxygens (including phenoxy) is 1. The van der Waals surface area contributed by atoms with Crippen LogP contribution in [0.4, 0.5) is 11.4 Å². The van der Waals surface area contributed by atoms with Crippen LogP contribution in [0.1, 0.15) is 30.0 Å². The Hall–Kier alpha value is -2.82. The first-order valence-electron chi connectivity index (χ1n) is 8.90. The molecule has 2 amide bonds. The monoisotopic (exact) mass is 352 g/mol. The standard InChI is InChI=1S/C21H24N2O3/c1-4-23(17-10-14(2)9-15(3)11-17)21(25)13-26-18-6-7-19-16(12-18)5-8-20(24)22-19/h6-7,9-12H,4-5,8,13H2,1-3H3,(H,22,24). The summed E-state index contributed by atoms with van der Waals surface area (Å²) in [6, 6.07) is 11.6. The van der Waals surface area contributed by atoms with Crippen LogP contribution >= 0.6 is 0 Å². The van der Waals surface area contributed by atoms with Gasteiger partial charge in [-0.05, 0) is 74.2 Å². The summed E-state index contributed by atoms with van der Waals surface area (Å²) in [6.45, 7) is 6.57. The molecule has 26 heavy (non-hydrogen) atoms. The van der Waals surface area contributed by atoms with Crippen molar-refractivity contribution in [1.82, 2.24) is 0 Å². The fourth-order valence-electron chi connectivity index (χ4n) is 3.28. The smallest absolute Gasteiger partial charge is 0.264 e. The molecule has 5 heteroatoms. The zero-order chi connectivity index (χ0) is 18.7. The molecular formula is C21H24N2O3. The van der Waals surface area contributed by atoms with Gasteiger partial charge in [-0.1, -0.05) is 6.07 Å². The molecule has 2 aromatic carbocycles. The Bertz CT molecular complexity index is 825. The van der Waals surface area contributed by atoms with Crippen molar-refractivity contribution in [3.63, 3.8) is 0 Å². The van der Waals surface area contributed by atoms with E-state index in [1.165, 1.54) is 0 Å². The normalized spacial score (nSPS) is 13.0. The number of nitrogens with zero attached hydrogens (tertiary/aromatic N) is 1. The molecule has 0 spiro atoms. The maximum Gasteiger partial charge on any atom is 0.264 e. The van der Waals surface area contributed by atoms with Gasteiger partial charge in [0, 0.05) is 24.3 Å². The number of nitrogens with one attached hydrogen (secondary N) is 1. The molecule has 0 saturated carbocycles. The summed E-state index contributed by atoms with van der Waals surface area (Å²) in [5.41, 5.74) is 5.01. The molecule has 0 aliphatic carbocycles. The summed E-state index contributed by atoms with van der Waals surface area (Å²) in [5, 5.41) is 2.84. The van der Waals surface area contributed by atoms with Crippen molar-refractivity contribution in [1.29, 1.82) is 0 Å². The highest BCUT2D eigenvalue weighted by atomic mass is 16.5. The molecule has 0 saturated heterocycles. The number of carbonyl (C=O) groups is 2. The lowest BCUT2D eigenvalue weighted by Gasteiger charge is -2.22. The van der Waals surface area contributed by atoms with Crippen LogP contribution in [0, 0.1) is 13.8 Å². The molecule has 5 nitrogen and oxygen atoms in total. The Morgan fingerprint density at radius 3 is 2.54 bits per heavy atom. The minimum Gasteiger partial charge on any atom is -0.484 e. The van der Waals surface area contributed by atoms with Gasteiger partial charge in [-0.3, -0.25) is 9.59 Å². The molecule has 3 rings (SSSR count). The molecule has 136 valence electrons. The van der Waals surface area contributed by atoms with Gasteiger partial charge in [0.2, 0.25) is 5.91 Å². The van der Waals surface area contributed by atoms with Gasteiger partial charge < -0.3 is 15.0 Å². The Kier molecular flexibility index (Phi) is 5.26. The fourth-order valence-corrected chi connectivity index (χ4v) is 3.28. The zero-order valence-corrected chi connectivity index (χ0v) is 15.5. The highest BCUT2D eigenvalue weighted by Crippen LogP contribution is 2.27. The van der Waals surface area contributed by atoms with Gasteiger partial charge in [-0.15, -0.1) is 0 Å². The third-order valence-electron chi connectivity index (χ3n) is 4.47. The minimum atomic E-state index is -0.0801. The van der Waals surface area contributed by atoms with Crippen molar-refractivity contribution in [2.24, 2.45) is 0 Å². The van der Waals surface area contributed by atoms with Gasteiger partial charge in [-0.2, -0.15) is 0 Å². The first kappa shape index (κ1) is 18.0. The third kappa shape index (κ3) is 4.04. The van der Waals surface area contributed by atoms with Crippen molar-refractivity contribution in [2.45, 2.75) is 33.6 Å².